The number of ether oxygens (including phenoxy) is 4. The average Bonchev–Trinajstić information content (AvgIpc) is 3.44. The van der Waals surface area contributed by atoms with Crippen LogP contribution >= 0.6 is 11.8 Å². The Balaban J connectivity index is 1.50. The van der Waals surface area contributed by atoms with E-state index in [-0.39, 0.29) is 30.8 Å². The van der Waals surface area contributed by atoms with Crippen molar-refractivity contribution in [2.24, 2.45) is 4.99 Å². The Hall–Kier alpha value is -4.25. The van der Waals surface area contributed by atoms with Crippen LogP contribution in [-0.4, -0.2) is 89.1 Å². The first kappa shape index (κ1) is 34.2. The largest absolute Gasteiger partial charge is 0.382 e. The summed E-state index contributed by atoms with van der Waals surface area (Å²) in [6.07, 6.45) is 3.35. The molecule has 2 aromatic carbocycles. The van der Waals surface area contributed by atoms with Crippen molar-refractivity contribution in [2.75, 3.05) is 60.4 Å². The first-order chi connectivity index (χ1) is 21.4. The standard InChI is InChI=1S/C32H37N5O6S/c1-23(10-14-30(33-2)35-31(38)22-43-20-19-42-18-17-41-16-15-40-4)9-13-27-25-12-11-24(21-28(25)37-36-27)44-29-8-6-5-7-26(29)32(39)34-3/h5-8,10-12,14,21H,2,15-20,22H2,1,3-4H3,(H,34,39)(H,35,38)(H,36,37)/b23-10+,30-14+. The van der Waals surface area contributed by atoms with Crippen molar-refractivity contribution in [3.05, 3.63) is 77.3 Å². The Morgan fingerprint density at radius 1 is 1.05 bits per heavy atom. The van der Waals surface area contributed by atoms with E-state index >= 15 is 0 Å². The molecule has 0 fully saturated rings. The number of aliphatic imine (C=N–C) groups is 1. The van der Waals surface area contributed by atoms with Crippen LogP contribution in [0, 0.1) is 11.8 Å². The lowest BCUT2D eigenvalue weighted by Crippen LogP contribution is -2.27. The molecule has 0 aliphatic heterocycles. The highest BCUT2D eigenvalue weighted by Crippen LogP contribution is 2.32. The zero-order valence-electron chi connectivity index (χ0n) is 25.1. The van der Waals surface area contributed by atoms with Gasteiger partial charge in [-0.25, -0.2) is 4.99 Å². The third-order valence-corrected chi connectivity index (χ3v) is 6.90. The fourth-order valence-corrected chi connectivity index (χ4v) is 4.61. The van der Waals surface area contributed by atoms with Crippen LogP contribution < -0.4 is 10.6 Å². The van der Waals surface area contributed by atoms with Gasteiger partial charge in [0, 0.05) is 29.3 Å². The highest BCUT2D eigenvalue weighted by molar-refractivity contribution is 7.99. The predicted molar refractivity (Wildman–Crippen MR) is 171 cm³/mol. The van der Waals surface area contributed by atoms with Crippen molar-refractivity contribution >= 4 is 41.2 Å². The van der Waals surface area contributed by atoms with Gasteiger partial charge in [-0.2, -0.15) is 5.10 Å². The minimum atomic E-state index is -0.360. The van der Waals surface area contributed by atoms with Gasteiger partial charge >= 0.3 is 0 Å². The highest BCUT2D eigenvalue weighted by atomic mass is 32.2. The summed E-state index contributed by atoms with van der Waals surface area (Å²) in [5.41, 5.74) is 2.79. The highest BCUT2D eigenvalue weighted by Gasteiger charge is 2.12. The number of nitrogens with zero attached hydrogens (tertiary/aromatic N) is 2. The molecule has 11 nitrogen and oxygen atoms in total. The SMILES string of the molecule is C=N/C(=C\C=C(/C)C#Cc1n[nH]c2cc(Sc3ccccc3C(=O)NC)ccc12)NC(=O)COCCOCCOCCOC. The van der Waals surface area contributed by atoms with Gasteiger partial charge in [-0.15, -0.1) is 0 Å². The van der Waals surface area contributed by atoms with Crippen LogP contribution in [0.2, 0.25) is 0 Å². The normalized spacial score (nSPS) is 11.6. The maximum Gasteiger partial charge on any atom is 0.252 e. The molecule has 0 bridgehead atoms. The third-order valence-electron chi connectivity index (χ3n) is 5.84. The van der Waals surface area contributed by atoms with E-state index in [9.17, 15) is 9.59 Å². The first-order valence-electron chi connectivity index (χ1n) is 13.8. The molecule has 0 unspecified atom stereocenters. The number of H-pyrrole nitrogens is 1. The summed E-state index contributed by atoms with van der Waals surface area (Å²) in [6.45, 7) is 7.80. The van der Waals surface area contributed by atoms with E-state index in [2.05, 4.69) is 44.4 Å². The van der Waals surface area contributed by atoms with Gasteiger partial charge < -0.3 is 29.6 Å². The number of methoxy groups -OCH3 is 1. The molecule has 0 aliphatic carbocycles. The Bertz CT molecular complexity index is 1540. The van der Waals surface area contributed by atoms with Crippen molar-refractivity contribution in [2.45, 2.75) is 16.7 Å². The molecule has 0 radical (unpaired) electrons. The number of rotatable bonds is 17. The molecule has 12 heteroatoms. The van der Waals surface area contributed by atoms with E-state index < -0.39 is 0 Å². The van der Waals surface area contributed by atoms with Gasteiger partial charge in [0.25, 0.3) is 11.8 Å². The fraction of sp³-hybridized carbons (Fsp3) is 0.312. The summed E-state index contributed by atoms with van der Waals surface area (Å²) in [5.74, 6) is 5.94. The van der Waals surface area contributed by atoms with Gasteiger partial charge in [-0.1, -0.05) is 29.8 Å². The summed E-state index contributed by atoms with van der Waals surface area (Å²) < 4.78 is 20.9. The summed E-state index contributed by atoms with van der Waals surface area (Å²) in [7, 11) is 3.23. The number of fused-ring (bicyclic) bond motifs is 1. The lowest BCUT2D eigenvalue weighted by Gasteiger charge is -2.08. The fourth-order valence-electron chi connectivity index (χ4n) is 3.63. The molecule has 0 saturated heterocycles. The van der Waals surface area contributed by atoms with E-state index in [1.165, 1.54) is 11.8 Å². The van der Waals surface area contributed by atoms with Gasteiger partial charge in [0.15, 0.2) is 0 Å². The number of carbonyl (C=O) groups is 2. The minimum absolute atomic E-state index is 0.132. The van der Waals surface area contributed by atoms with Crippen molar-refractivity contribution in [1.29, 1.82) is 0 Å². The van der Waals surface area contributed by atoms with Crippen LogP contribution in [-0.2, 0) is 23.7 Å². The Morgan fingerprint density at radius 2 is 1.77 bits per heavy atom. The van der Waals surface area contributed by atoms with Crippen LogP contribution in [0.3, 0.4) is 0 Å². The van der Waals surface area contributed by atoms with Crippen LogP contribution in [0.15, 0.2) is 80.8 Å². The first-order valence-corrected chi connectivity index (χ1v) is 14.6. The number of benzene rings is 2. The Morgan fingerprint density at radius 3 is 2.50 bits per heavy atom. The lowest BCUT2D eigenvalue weighted by molar-refractivity contribution is -0.125. The molecule has 0 saturated carbocycles. The van der Waals surface area contributed by atoms with Crippen LogP contribution in [0.5, 0.6) is 0 Å². The molecule has 2 amide bonds. The molecule has 232 valence electrons. The second-order valence-electron chi connectivity index (χ2n) is 9.08. The van der Waals surface area contributed by atoms with Gasteiger partial charge in [0.05, 0.1) is 50.7 Å². The molecule has 3 N–H and O–H groups in total. The van der Waals surface area contributed by atoms with Crippen molar-refractivity contribution in [3.8, 4) is 11.8 Å². The van der Waals surface area contributed by atoms with E-state index in [1.807, 2.05) is 43.3 Å². The number of nitrogens with one attached hydrogen (secondary N) is 3. The maximum absolute atomic E-state index is 12.2. The van der Waals surface area contributed by atoms with Crippen molar-refractivity contribution in [1.82, 2.24) is 20.8 Å². The molecule has 0 aliphatic rings. The van der Waals surface area contributed by atoms with Crippen LogP contribution in [0.25, 0.3) is 10.9 Å². The number of aromatic nitrogens is 2. The zero-order chi connectivity index (χ0) is 31.6. The molecule has 0 spiro atoms. The van der Waals surface area contributed by atoms with Crippen LogP contribution in [0.4, 0.5) is 0 Å². The van der Waals surface area contributed by atoms with Crippen molar-refractivity contribution < 1.29 is 28.5 Å². The second-order valence-corrected chi connectivity index (χ2v) is 10.2. The van der Waals surface area contributed by atoms with E-state index in [1.54, 1.807) is 32.4 Å². The minimum Gasteiger partial charge on any atom is -0.382 e. The maximum atomic E-state index is 12.2. The summed E-state index contributed by atoms with van der Waals surface area (Å²) in [6, 6.07) is 13.4. The van der Waals surface area contributed by atoms with E-state index in [4.69, 9.17) is 18.9 Å². The summed E-state index contributed by atoms with van der Waals surface area (Å²) in [4.78, 5) is 30.1. The molecule has 3 aromatic rings. The second kappa shape index (κ2) is 19.1. The quantitative estimate of drug-likeness (QED) is 0.0901. The zero-order valence-corrected chi connectivity index (χ0v) is 25.9. The van der Waals surface area contributed by atoms with E-state index in [0.29, 0.717) is 44.3 Å². The number of hydrogen-bond acceptors (Lipinski definition) is 9. The van der Waals surface area contributed by atoms with Gasteiger partial charge in [0.2, 0.25) is 0 Å². The predicted octanol–water partition coefficient (Wildman–Crippen LogP) is 3.73. The lowest BCUT2D eigenvalue weighted by atomic mass is 10.2. The number of amides is 2. The van der Waals surface area contributed by atoms with Gasteiger partial charge in [-0.3, -0.25) is 14.7 Å². The Labute approximate surface area is 261 Å². The smallest absolute Gasteiger partial charge is 0.252 e. The van der Waals surface area contributed by atoms with Gasteiger partial charge in [0.1, 0.15) is 18.1 Å². The number of allylic oxidation sites excluding steroid dienone is 3. The van der Waals surface area contributed by atoms with E-state index in [0.717, 1.165) is 26.3 Å². The summed E-state index contributed by atoms with van der Waals surface area (Å²) >= 11 is 1.50. The van der Waals surface area contributed by atoms with Crippen LogP contribution in [0.1, 0.15) is 23.0 Å². The topological polar surface area (TPSA) is 136 Å². The average molecular weight is 620 g/mol. The third kappa shape index (κ3) is 11.4. The van der Waals surface area contributed by atoms with Gasteiger partial charge in [-0.05, 0) is 67.6 Å². The molecule has 3 rings (SSSR count). The number of hydrogen-bond donors (Lipinski definition) is 3. The molecule has 1 aromatic heterocycles. The molecule has 44 heavy (non-hydrogen) atoms. The molecule has 1 heterocycles. The number of aromatic amines is 1. The molecule has 0 atom stereocenters. The molecular formula is C32H37N5O6S. The monoisotopic (exact) mass is 619 g/mol. The number of carbonyl (C=O) groups excluding carboxylic acids is 2. The Kier molecular flexibility index (Phi) is 14.9. The molecular weight excluding hydrogens is 582 g/mol. The summed E-state index contributed by atoms with van der Waals surface area (Å²) in [5, 5.41) is 13.6. The van der Waals surface area contributed by atoms with Crippen molar-refractivity contribution in [3.63, 3.8) is 0 Å².